The summed E-state index contributed by atoms with van der Waals surface area (Å²) >= 11 is 0. The van der Waals surface area contributed by atoms with E-state index in [1.807, 2.05) is 6.07 Å². The second-order valence-electron chi connectivity index (χ2n) is 9.81. The van der Waals surface area contributed by atoms with Crippen LogP contribution in [0.15, 0.2) is 84.9 Å². The van der Waals surface area contributed by atoms with Crippen molar-refractivity contribution in [3.05, 3.63) is 113 Å². The third-order valence-corrected chi connectivity index (χ3v) is 7.90. The Hall–Kier alpha value is -4.18. The third kappa shape index (κ3) is 3.21. The molecule has 2 N–H and O–H groups in total. The lowest BCUT2D eigenvalue weighted by atomic mass is 9.93. The van der Waals surface area contributed by atoms with Crippen molar-refractivity contribution >= 4 is 16.6 Å². The number of H-pyrrole nitrogens is 1. The van der Waals surface area contributed by atoms with Gasteiger partial charge in [0.05, 0.1) is 14.2 Å². The second-order valence-corrected chi connectivity index (χ2v) is 9.81. The molecule has 2 atom stereocenters. The van der Waals surface area contributed by atoms with Crippen molar-refractivity contribution in [2.75, 3.05) is 19.5 Å². The molecule has 0 fully saturated rings. The Morgan fingerprint density at radius 1 is 0.750 bits per heavy atom. The Bertz CT molecular complexity index is 1620. The molecule has 8 rings (SSSR count). The molecule has 5 aromatic rings. The van der Waals surface area contributed by atoms with Crippen molar-refractivity contribution in [1.82, 2.24) is 4.98 Å². The Kier molecular flexibility index (Phi) is 4.81. The average Bonchev–Trinajstić information content (AvgIpc) is 3.65. The Balaban J connectivity index is 0.000000122. The van der Waals surface area contributed by atoms with Crippen LogP contribution in [0.1, 0.15) is 33.9 Å². The van der Waals surface area contributed by atoms with E-state index in [-0.39, 0.29) is 0 Å². The van der Waals surface area contributed by atoms with Gasteiger partial charge in [0.2, 0.25) is 0 Å². The first-order valence-corrected chi connectivity index (χ1v) is 12.5. The van der Waals surface area contributed by atoms with Crippen molar-refractivity contribution in [3.63, 3.8) is 0 Å². The molecule has 2 aliphatic carbocycles. The number of hydrogen-bond donors (Lipinski definition) is 2. The Morgan fingerprint density at radius 3 is 2.36 bits per heavy atom. The highest BCUT2D eigenvalue weighted by Gasteiger charge is 2.39. The number of anilines is 1. The highest BCUT2D eigenvalue weighted by Crippen LogP contribution is 2.48. The van der Waals surface area contributed by atoms with Gasteiger partial charge < -0.3 is 19.8 Å². The molecule has 0 saturated heterocycles. The highest BCUT2D eigenvalue weighted by atomic mass is 16.5. The predicted octanol–water partition coefficient (Wildman–Crippen LogP) is 6.93. The van der Waals surface area contributed by atoms with Crippen LogP contribution in [0, 0.1) is 0 Å². The summed E-state index contributed by atoms with van der Waals surface area (Å²) in [4.78, 5) is 3.52. The van der Waals surface area contributed by atoms with Crippen molar-refractivity contribution in [1.29, 1.82) is 0 Å². The Morgan fingerprint density at radius 2 is 1.50 bits per heavy atom. The van der Waals surface area contributed by atoms with Crippen LogP contribution in [0.3, 0.4) is 0 Å². The van der Waals surface area contributed by atoms with E-state index in [1.165, 1.54) is 55.7 Å². The number of para-hydroxylation sites is 2. The van der Waals surface area contributed by atoms with Gasteiger partial charge in [-0.05, 0) is 70.6 Å². The van der Waals surface area contributed by atoms with E-state index in [0.29, 0.717) is 12.0 Å². The number of ether oxygens (including phenoxy) is 2. The minimum absolute atomic E-state index is 0.492. The first kappa shape index (κ1) is 21.1. The highest BCUT2D eigenvalue weighted by molar-refractivity contribution is 6.00. The normalized spacial score (nSPS) is 17.7. The summed E-state index contributed by atoms with van der Waals surface area (Å²) in [5.41, 5.74) is 12.2. The molecule has 0 spiro atoms. The van der Waals surface area contributed by atoms with Gasteiger partial charge in [0.1, 0.15) is 11.5 Å². The minimum atomic E-state index is 0.492. The standard InChI is InChI=1S/C16H15NO.C16H13NO/c2*1-18-11-7-6-10-8-15-16(13(10)9-11)12-4-2-3-5-14(12)17-15/h2-7,9,15-17H,8H2,1H3;2-7,9,17H,8H2,1H3/t15-,16+;/m0./s1. The summed E-state index contributed by atoms with van der Waals surface area (Å²) in [6.45, 7) is 0. The van der Waals surface area contributed by atoms with Crippen LogP contribution < -0.4 is 14.8 Å². The fourth-order valence-corrected chi connectivity index (χ4v) is 6.26. The van der Waals surface area contributed by atoms with Crippen molar-refractivity contribution in [3.8, 4) is 22.6 Å². The van der Waals surface area contributed by atoms with Crippen LogP contribution in [-0.2, 0) is 12.8 Å². The average molecular weight is 473 g/mol. The summed E-state index contributed by atoms with van der Waals surface area (Å²) in [5, 5.41) is 4.95. The van der Waals surface area contributed by atoms with Gasteiger partial charge in [-0.3, -0.25) is 0 Å². The molecule has 2 heterocycles. The lowest BCUT2D eigenvalue weighted by molar-refractivity contribution is 0.414. The second kappa shape index (κ2) is 8.20. The molecule has 1 aliphatic heterocycles. The molecule has 178 valence electrons. The van der Waals surface area contributed by atoms with Crippen LogP contribution in [0.2, 0.25) is 0 Å². The summed E-state index contributed by atoms with van der Waals surface area (Å²) in [7, 11) is 3.45. The number of benzene rings is 4. The number of nitrogens with one attached hydrogen (secondary N) is 2. The van der Waals surface area contributed by atoms with Crippen LogP contribution in [0.4, 0.5) is 5.69 Å². The van der Waals surface area contributed by atoms with Crippen LogP contribution >= 0.6 is 0 Å². The van der Waals surface area contributed by atoms with Crippen LogP contribution in [0.25, 0.3) is 22.0 Å². The van der Waals surface area contributed by atoms with E-state index < -0.39 is 0 Å². The fourth-order valence-electron chi connectivity index (χ4n) is 6.26. The largest absolute Gasteiger partial charge is 0.497 e. The van der Waals surface area contributed by atoms with Crippen LogP contribution in [-0.4, -0.2) is 25.2 Å². The first-order valence-electron chi connectivity index (χ1n) is 12.5. The fraction of sp³-hybridized carbons (Fsp3) is 0.188. The van der Waals surface area contributed by atoms with Crippen LogP contribution in [0.5, 0.6) is 11.5 Å². The topological polar surface area (TPSA) is 46.3 Å². The maximum absolute atomic E-state index is 5.36. The zero-order valence-electron chi connectivity index (χ0n) is 20.5. The molecule has 3 aliphatic rings. The molecule has 0 unspecified atom stereocenters. The van der Waals surface area contributed by atoms with Gasteiger partial charge >= 0.3 is 0 Å². The lowest BCUT2D eigenvalue weighted by Crippen LogP contribution is -2.16. The maximum atomic E-state index is 5.36. The van der Waals surface area contributed by atoms with Crippen molar-refractivity contribution < 1.29 is 9.47 Å². The maximum Gasteiger partial charge on any atom is 0.119 e. The predicted molar refractivity (Wildman–Crippen MR) is 145 cm³/mol. The zero-order chi connectivity index (χ0) is 24.2. The Labute approximate surface area is 210 Å². The smallest absolute Gasteiger partial charge is 0.119 e. The van der Waals surface area contributed by atoms with Crippen molar-refractivity contribution in [2.24, 2.45) is 0 Å². The number of hydrogen-bond acceptors (Lipinski definition) is 3. The van der Waals surface area contributed by atoms with Gasteiger partial charge in [-0.1, -0.05) is 48.5 Å². The lowest BCUT2D eigenvalue weighted by Gasteiger charge is -2.11. The van der Waals surface area contributed by atoms with E-state index in [0.717, 1.165) is 24.3 Å². The van der Waals surface area contributed by atoms with E-state index in [9.17, 15) is 0 Å². The van der Waals surface area contributed by atoms with Gasteiger partial charge in [0, 0.05) is 46.2 Å². The molecule has 1 aromatic heterocycles. The monoisotopic (exact) mass is 472 g/mol. The first-order chi connectivity index (χ1) is 17.7. The number of aromatic amines is 1. The van der Waals surface area contributed by atoms with Gasteiger partial charge in [-0.15, -0.1) is 0 Å². The van der Waals surface area contributed by atoms with Gasteiger partial charge in [0.25, 0.3) is 0 Å². The molecular weight excluding hydrogens is 444 g/mol. The molecule has 36 heavy (non-hydrogen) atoms. The molecule has 4 aromatic carbocycles. The van der Waals surface area contributed by atoms with E-state index >= 15 is 0 Å². The molecule has 0 saturated carbocycles. The SMILES string of the molecule is COc1ccc2c(c1)-c1c([nH]c3ccccc13)C2.COc1ccc2c(c1)[C@H]1c3ccccc3N[C@H]1C2. The van der Waals surface area contributed by atoms with Gasteiger partial charge in [0.15, 0.2) is 0 Å². The molecule has 0 amide bonds. The minimum Gasteiger partial charge on any atom is -0.497 e. The number of methoxy groups -OCH3 is 2. The van der Waals surface area contributed by atoms with E-state index in [2.05, 4.69) is 89.2 Å². The summed E-state index contributed by atoms with van der Waals surface area (Å²) in [5.74, 6) is 2.37. The summed E-state index contributed by atoms with van der Waals surface area (Å²) < 4.78 is 10.7. The number of fused-ring (bicyclic) bond motifs is 10. The molecule has 4 heteroatoms. The van der Waals surface area contributed by atoms with Crippen molar-refractivity contribution in [2.45, 2.75) is 24.8 Å². The van der Waals surface area contributed by atoms with E-state index in [1.54, 1.807) is 14.2 Å². The quantitative estimate of drug-likeness (QED) is 0.287. The summed E-state index contributed by atoms with van der Waals surface area (Å²) in [6.07, 6.45) is 2.10. The molecule has 0 bridgehead atoms. The molecular formula is C32H28N2O2. The van der Waals surface area contributed by atoms with Gasteiger partial charge in [-0.2, -0.15) is 0 Å². The third-order valence-electron chi connectivity index (χ3n) is 7.90. The number of rotatable bonds is 2. The molecule has 4 nitrogen and oxygen atoms in total. The zero-order valence-corrected chi connectivity index (χ0v) is 20.5. The molecule has 0 radical (unpaired) electrons. The summed E-state index contributed by atoms with van der Waals surface area (Å²) in [6, 6.07) is 30.4. The van der Waals surface area contributed by atoms with E-state index in [4.69, 9.17) is 9.47 Å². The van der Waals surface area contributed by atoms with Gasteiger partial charge in [-0.25, -0.2) is 0 Å². The number of aromatic nitrogens is 1.